The second-order valence-electron chi connectivity index (χ2n) is 6.26. The third-order valence-corrected chi connectivity index (χ3v) is 4.93. The molecule has 1 saturated carbocycles. The molecule has 2 aliphatic heterocycles. The molecule has 0 aromatic heterocycles. The third kappa shape index (κ3) is 1.65. The Kier molecular flexibility index (Phi) is 2.40. The van der Waals surface area contributed by atoms with Crippen LogP contribution in [0.4, 0.5) is 11.4 Å². The van der Waals surface area contributed by atoms with Crippen molar-refractivity contribution < 1.29 is 0 Å². The second-order valence-corrected chi connectivity index (χ2v) is 6.26. The van der Waals surface area contributed by atoms with Crippen LogP contribution in [0.1, 0.15) is 31.2 Å². The van der Waals surface area contributed by atoms with Gasteiger partial charge in [0, 0.05) is 35.7 Å². The van der Waals surface area contributed by atoms with Crippen LogP contribution in [0.15, 0.2) is 36.0 Å². The van der Waals surface area contributed by atoms with Crippen molar-refractivity contribution in [2.75, 3.05) is 17.7 Å². The summed E-state index contributed by atoms with van der Waals surface area (Å²) < 4.78 is 0. The molecule has 3 N–H and O–H groups in total. The quantitative estimate of drug-likeness (QED) is 0.768. The first-order chi connectivity index (χ1) is 9.65. The predicted octanol–water partition coefficient (Wildman–Crippen LogP) is 3.11. The van der Waals surface area contributed by atoms with E-state index in [9.17, 15) is 0 Å². The molecule has 1 aromatic carbocycles. The average Bonchev–Trinajstić information content (AvgIpc) is 3.29. The summed E-state index contributed by atoms with van der Waals surface area (Å²) in [4.78, 5) is 2.19. The summed E-state index contributed by atoms with van der Waals surface area (Å²) in [5.41, 5.74) is 13.0. The van der Waals surface area contributed by atoms with Gasteiger partial charge < -0.3 is 16.0 Å². The number of nitrogens with two attached hydrogens (primary N) is 1. The number of rotatable bonds is 1. The number of anilines is 2. The van der Waals surface area contributed by atoms with Crippen molar-refractivity contribution in [1.29, 1.82) is 0 Å². The monoisotopic (exact) mass is 267 g/mol. The molecule has 0 bridgehead atoms. The summed E-state index contributed by atoms with van der Waals surface area (Å²) >= 11 is 0. The Morgan fingerprint density at radius 1 is 1.30 bits per heavy atom. The van der Waals surface area contributed by atoms with Gasteiger partial charge in [0.2, 0.25) is 0 Å². The van der Waals surface area contributed by atoms with E-state index in [0.717, 1.165) is 23.7 Å². The first kappa shape index (κ1) is 11.9. The van der Waals surface area contributed by atoms with Gasteiger partial charge in [-0.1, -0.05) is 6.58 Å². The first-order valence-corrected chi connectivity index (χ1v) is 7.47. The molecule has 104 valence electrons. The lowest BCUT2D eigenvalue weighted by molar-refractivity contribution is 0.475. The normalized spacial score (nSPS) is 25.1. The maximum atomic E-state index is 6.00. The highest BCUT2D eigenvalue weighted by Gasteiger charge is 2.37. The summed E-state index contributed by atoms with van der Waals surface area (Å²) in [6, 6.07) is 6.80. The maximum absolute atomic E-state index is 6.00. The number of allylic oxidation sites excluding steroid dienone is 1. The van der Waals surface area contributed by atoms with E-state index in [1.807, 2.05) is 6.07 Å². The van der Waals surface area contributed by atoms with E-state index in [4.69, 9.17) is 5.73 Å². The van der Waals surface area contributed by atoms with Crippen molar-refractivity contribution in [1.82, 2.24) is 5.32 Å². The van der Waals surface area contributed by atoms with Crippen LogP contribution in [0, 0.1) is 5.92 Å². The van der Waals surface area contributed by atoms with Gasteiger partial charge in [0.1, 0.15) is 0 Å². The van der Waals surface area contributed by atoms with Gasteiger partial charge in [-0.05, 0) is 55.4 Å². The molecule has 1 aliphatic carbocycles. The third-order valence-electron chi connectivity index (χ3n) is 4.93. The fourth-order valence-corrected chi connectivity index (χ4v) is 3.54. The first-order valence-electron chi connectivity index (χ1n) is 7.47. The summed E-state index contributed by atoms with van der Waals surface area (Å²) in [7, 11) is 2.09. The molecule has 3 aliphatic rings. The Morgan fingerprint density at radius 3 is 2.85 bits per heavy atom. The summed E-state index contributed by atoms with van der Waals surface area (Å²) in [5, 5.41) is 3.79. The van der Waals surface area contributed by atoms with E-state index < -0.39 is 0 Å². The van der Waals surface area contributed by atoms with E-state index in [0.29, 0.717) is 6.04 Å². The minimum atomic E-state index is 0.638. The summed E-state index contributed by atoms with van der Waals surface area (Å²) in [6.45, 7) is 4.28. The smallest absolute Gasteiger partial charge is 0.0504 e. The van der Waals surface area contributed by atoms with Gasteiger partial charge in [-0.25, -0.2) is 0 Å². The van der Waals surface area contributed by atoms with Crippen LogP contribution in [-0.4, -0.2) is 13.1 Å². The van der Waals surface area contributed by atoms with E-state index in [2.05, 4.69) is 36.0 Å². The van der Waals surface area contributed by atoms with Gasteiger partial charge in [-0.3, -0.25) is 0 Å². The lowest BCUT2D eigenvalue weighted by Gasteiger charge is -2.39. The van der Waals surface area contributed by atoms with Gasteiger partial charge in [-0.15, -0.1) is 0 Å². The molecule has 1 fully saturated rings. The highest BCUT2D eigenvalue weighted by atomic mass is 15.1. The SMILES string of the molecule is C=C1C2=C(NC(C3CC3)CC2)c2cc(N)ccc2N1C. The van der Waals surface area contributed by atoms with Crippen LogP contribution in [0.2, 0.25) is 0 Å². The number of nitrogens with zero attached hydrogens (tertiary/aromatic N) is 1. The van der Waals surface area contributed by atoms with Gasteiger partial charge in [0.15, 0.2) is 0 Å². The van der Waals surface area contributed by atoms with Crippen molar-refractivity contribution in [2.24, 2.45) is 5.92 Å². The van der Waals surface area contributed by atoms with Crippen LogP contribution in [0.5, 0.6) is 0 Å². The molecule has 1 atom stereocenters. The van der Waals surface area contributed by atoms with E-state index in [-0.39, 0.29) is 0 Å². The fourth-order valence-electron chi connectivity index (χ4n) is 3.54. The summed E-state index contributed by atoms with van der Waals surface area (Å²) in [6.07, 6.45) is 5.12. The number of likely N-dealkylation sites (N-methyl/N-ethyl adjacent to an activating group) is 1. The highest BCUT2D eigenvalue weighted by molar-refractivity contribution is 5.88. The molecule has 20 heavy (non-hydrogen) atoms. The average molecular weight is 267 g/mol. The fraction of sp³-hybridized carbons (Fsp3) is 0.412. The van der Waals surface area contributed by atoms with E-state index in [1.165, 1.54) is 41.8 Å². The van der Waals surface area contributed by atoms with E-state index in [1.54, 1.807) is 0 Å². The number of fused-ring (bicyclic) bond motifs is 2. The zero-order valence-electron chi connectivity index (χ0n) is 11.9. The Hall–Kier alpha value is -1.90. The predicted molar refractivity (Wildman–Crippen MR) is 84.2 cm³/mol. The van der Waals surface area contributed by atoms with Crippen LogP contribution in [-0.2, 0) is 0 Å². The van der Waals surface area contributed by atoms with Gasteiger partial charge in [0.05, 0.1) is 5.69 Å². The minimum Gasteiger partial charge on any atom is -0.399 e. The molecule has 1 aromatic rings. The molecule has 0 spiro atoms. The van der Waals surface area contributed by atoms with Gasteiger partial charge in [-0.2, -0.15) is 0 Å². The Labute approximate surface area is 120 Å². The zero-order chi connectivity index (χ0) is 13.9. The number of benzene rings is 1. The topological polar surface area (TPSA) is 41.3 Å². The molecule has 1 unspecified atom stereocenters. The molecular formula is C17H21N3. The molecule has 0 amide bonds. The number of hydrogen-bond donors (Lipinski definition) is 2. The number of hydrogen-bond acceptors (Lipinski definition) is 3. The van der Waals surface area contributed by atoms with E-state index >= 15 is 0 Å². The lowest BCUT2D eigenvalue weighted by atomic mass is 9.87. The van der Waals surface area contributed by atoms with Crippen molar-refractivity contribution in [3.05, 3.63) is 41.6 Å². The molecule has 3 heteroatoms. The van der Waals surface area contributed by atoms with Crippen LogP contribution < -0.4 is 16.0 Å². The molecule has 2 heterocycles. The number of nitrogens with one attached hydrogen (secondary N) is 1. The Bertz CT molecular complexity index is 625. The molecule has 0 radical (unpaired) electrons. The Morgan fingerprint density at radius 2 is 2.10 bits per heavy atom. The maximum Gasteiger partial charge on any atom is 0.0504 e. The van der Waals surface area contributed by atoms with Gasteiger partial charge in [0.25, 0.3) is 0 Å². The second kappa shape index (κ2) is 4.05. The van der Waals surface area contributed by atoms with Gasteiger partial charge >= 0.3 is 0 Å². The largest absolute Gasteiger partial charge is 0.399 e. The van der Waals surface area contributed by atoms with Crippen LogP contribution in [0.3, 0.4) is 0 Å². The standard InChI is InChI=1S/C17H21N3/c1-10-13-6-7-15(11-3-4-11)19-17(13)14-9-12(18)5-8-16(14)20(10)2/h5,8-9,11,15,19H,1,3-4,6-7,18H2,2H3. The number of nitrogen functional groups attached to an aromatic ring is 1. The van der Waals surface area contributed by atoms with Crippen LogP contribution in [0.25, 0.3) is 5.70 Å². The molecule has 3 nitrogen and oxygen atoms in total. The van der Waals surface area contributed by atoms with Crippen molar-refractivity contribution in [3.8, 4) is 0 Å². The van der Waals surface area contributed by atoms with Crippen molar-refractivity contribution in [2.45, 2.75) is 31.7 Å². The molecular weight excluding hydrogens is 246 g/mol. The highest BCUT2D eigenvalue weighted by Crippen LogP contribution is 2.45. The lowest BCUT2D eigenvalue weighted by Crippen LogP contribution is -2.38. The minimum absolute atomic E-state index is 0.638. The molecule has 4 rings (SSSR count). The zero-order valence-corrected chi connectivity index (χ0v) is 11.9. The van der Waals surface area contributed by atoms with Crippen molar-refractivity contribution >= 4 is 17.1 Å². The molecule has 0 saturated heterocycles. The Balaban J connectivity index is 1.83. The van der Waals surface area contributed by atoms with Crippen molar-refractivity contribution in [3.63, 3.8) is 0 Å². The summed E-state index contributed by atoms with van der Waals surface area (Å²) in [5.74, 6) is 0.876. The van der Waals surface area contributed by atoms with Crippen LogP contribution >= 0.6 is 0 Å².